The van der Waals surface area contributed by atoms with Crippen molar-refractivity contribution in [2.45, 2.75) is 18.9 Å². The Bertz CT molecular complexity index is 1240. The molecule has 0 spiro atoms. The smallest absolute Gasteiger partial charge is 0.245 e. The van der Waals surface area contributed by atoms with Crippen LogP contribution in [-0.2, 0) is 0 Å². The number of fused-ring (bicyclic) bond motifs is 1. The van der Waals surface area contributed by atoms with Crippen molar-refractivity contribution in [3.05, 3.63) is 49.1 Å². The van der Waals surface area contributed by atoms with E-state index in [0.717, 1.165) is 30.6 Å². The van der Waals surface area contributed by atoms with Crippen molar-refractivity contribution in [1.29, 1.82) is 0 Å². The maximum atomic E-state index is 9.71. The second-order valence-electron chi connectivity index (χ2n) is 7.60. The van der Waals surface area contributed by atoms with Crippen molar-refractivity contribution in [3.63, 3.8) is 0 Å². The van der Waals surface area contributed by atoms with Gasteiger partial charge < -0.3 is 29.4 Å². The lowest BCUT2D eigenvalue weighted by Crippen LogP contribution is -2.34. The molecule has 0 amide bonds. The number of methoxy groups -OCH3 is 2. The Morgan fingerprint density at radius 3 is 2.88 bits per heavy atom. The molecule has 1 aromatic carbocycles. The van der Waals surface area contributed by atoms with Gasteiger partial charge in [0.1, 0.15) is 17.7 Å². The first kappa shape index (κ1) is 20.1. The predicted octanol–water partition coefficient (Wildman–Crippen LogP) is 2.64. The fourth-order valence-electron chi connectivity index (χ4n) is 4.06. The molecule has 0 bridgehead atoms. The fraction of sp³-hybridized carbons (Fsp3) is 0.318. The maximum Gasteiger partial charge on any atom is 0.245 e. The molecule has 0 radical (unpaired) electrons. The second kappa shape index (κ2) is 8.39. The number of aromatic nitrogens is 5. The summed E-state index contributed by atoms with van der Waals surface area (Å²) < 4.78 is 14.4. The molecule has 32 heavy (non-hydrogen) atoms. The second-order valence-corrected chi connectivity index (χ2v) is 7.60. The predicted molar refractivity (Wildman–Crippen MR) is 120 cm³/mol. The van der Waals surface area contributed by atoms with Crippen LogP contribution in [0.5, 0.6) is 11.5 Å². The number of benzene rings is 1. The Morgan fingerprint density at radius 2 is 2.06 bits per heavy atom. The molecule has 0 unspecified atom stereocenters. The van der Waals surface area contributed by atoms with Gasteiger partial charge >= 0.3 is 0 Å². The van der Waals surface area contributed by atoms with Crippen LogP contribution in [0.3, 0.4) is 0 Å². The summed E-state index contributed by atoms with van der Waals surface area (Å²) in [6.45, 7) is 0.914. The average molecular weight is 435 g/mol. The first-order valence-electron chi connectivity index (χ1n) is 10.5. The molecule has 2 N–H and O–H groups in total. The van der Waals surface area contributed by atoms with Crippen LogP contribution >= 0.6 is 0 Å². The maximum absolute atomic E-state index is 9.71. The highest BCUT2D eigenvalue weighted by Gasteiger charge is 2.27. The zero-order chi connectivity index (χ0) is 22.1. The molecule has 4 heterocycles. The van der Waals surface area contributed by atoms with Gasteiger partial charge in [-0.1, -0.05) is 0 Å². The van der Waals surface area contributed by atoms with Gasteiger partial charge in [-0.05, 0) is 37.1 Å². The van der Waals surface area contributed by atoms with Crippen LogP contribution < -0.4 is 19.7 Å². The highest BCUT2D eigenvalue weighted by atomic mass is 16.5. The Morgan fingerprint density at radius 1 is 1.19 bits per heavy atom. The summed E-state index contributed by atoms with van der Waals surface area (Å²) in [6, 6.07) is 9.60. The highest BCUT2D eigenvalue weighted by molar-refractivity contribution is 5.73. The van der Waals surface area contributed by atoms with Gasteiger partial charge in [-0.15, -0.1) is 5.10 Å². The molecular weight excluding hydrogens is 410 g/mol. The van der Waals surface area contributed by atoms with E-state index in [1.165, 1.54) is 0 Å². The van der Waals surface area contributed by atoms with E-state index in [4.69, 9.17) is 14.5 Å². The van der Waals surface area contributed by atoms with Crippen LogP contribution in [-0.4, -0.2) is 62.7 Å². The quantitative estimate of drug-likeness (QED) is 0.457. The number of anilines is 3. The van der Waals surface area contributed by atoms with Crippen molar-refractivity contribution < 1.29 is 14.6 Å². The zero-order valence-corrected chi connectivity index (χ0v) is 18.0. The van der Waals surface area contributed by atoms with E-state index in [1.54, 1.807) is 25.1 Å². The lowest BCUT2D eigenvalue weighted by atomic mass is 10.2. The van der Waals surface area contributed by atoms with Crippen LogP contribution in [0.25, 0.3) is 11.2 Å². The van der Waals surface area contributed by atoms with Crippen LogP contribution in [0.1, 0.15) is 12.8 Å². The normalized spacial score (nSPS) is 16.0. The monoisotopic (exact) mass is 435 g/mol. The van der Waals surface area contributed by atoms with Gasteiger partial charge in [0.05, 0.1) is 38.8 Å². The summed E-state index contributed by atoms with van der Waals surface area (Å²) in [5.41, 5.74) is 1.73. The Kier molecular flexibility index (Phi) is 5.28. The van der Waals surface area contributed by atoms with Crippen LogP contribution in [0.15, 0.2) is 49.1 Å². The summed E-state index contributed by atoms with van der Waals surface area (Å²) in [5.74, 6) is 3.20. The molecular formula is C22H25N7O3. The average Bonchev–Trinajstić information content (AvgIpc) is 3.58. The number of nitrogens with zero attached hydrogens (tertiary/aromatic N) is 6. The van der Waals surface area contributed by atoms with Crippen molar-refractivity contribution >= 4 is 23.1 Å². The first-order valence-corrected chi connectivity index (χ1v) is 10.5. The number of ether oxygens (including phenoxy) is 2. The third-order valence-electron chi connectivity index (χ3n) is 5.72. The highest BCUT2D eigenvalue weighted by Crippen LogP contribution is 2.30. The third-order valence-corrected chi connectivity index (χ3v) is 5.72. The van der Waals surface area contributed by atoms with Crippen molar-refractivity contribution in [1.82, 2.24) is 24.1 Å². The first-order chi connectivity index (χ1) is 15.7. The molecule has 5 rings (SSSR count). The molecule has 0 saturated carbocycles. The number of hydrogen-bond acceptors (Lipinski definition) is 8. The molecule has 1 saturated heterocycles. The van der Waals surface area contributed by atoms with E-state index in [-0.39, 0.29) is 12.6 Å². The van der Waals surface area contributed by atoms with Gasteiger partial charge in [0.25, 0.3) is 0 Å². The number of aliphatic hydroxyl groups excluding tert-OH is 1. The van der Waals surface area contributed by atoms with Gasteiger partial charge in [-0.3, -0.25) is 0 Å². The van der Waals surface area contributed by atoms with Gasteiger partial charge in [-0.25, -0.2) is 9.50 Å². The van der Waals surface area contributed by atoms with Crippen molar-refractivity contribution in [2.75, 3.05) is 37.6 Å². The molecule has 166 valence electrons. The molecule has 0 aliphatic carbocycles. The molecule has 1 aliphatic rings. The number of imidazole rings is 1. The molecule has 1 aliphatic heterocycles. The van der Waals surface area contributed by atoms with Crippen LogP contribution in [0.2, 0.25) is 0 Å². The summed E-state index contributed by atoms with van der Waals surface area (Å²) in [5, 5.41) is 17.7. The molecule has 1 atom stereocenters. The Hall–Kier alpha value is -3.79. The number of rotatable bonds is 7. The largest absolute Gasteiger partial charge is 0.493 e. The Balaban J connectivity index is 1.45. The molecule has 4 aromatic rings. The van der Waals surface area contributed by atoms with E-state index < -0.39 is 0 Å². The van der Waals surface area contributed by atoms with E-state index in [9.17, 15) is 5.11 Å². The van der Waals surface area contributed by atoms with Gasteiger partial charge in [0, 0.05) is 18.8 Å². The Labute approximate surface area is 185 Å². The van der Waals surface area contributed by atoms with E-state index >= 15 is 0 Å². The summed E-state index contributed by atoms with van der Waals surface area (Å²) >= 11 is 0. The number of nitrogens with one attached hydrogen (secondary N) is 1. The van der Waals surface area contributed by atoms with E-state index in [1.807, 2.05) is 47.3 Å². The van der Waals surface area contributed by atoms with Crippen molar-refractivity contribution in [2.24, 2.45) is 0 Å². The molecule has 10 nitrogen and oxygen atoms in total. The number of hydrogen-bond donors (Lipinski definition) is 2. The van der Waals surface area contributed by atoms with E-state index in [2.05, 4.69) is 20.3 Å². The topological polar surface area (TPSA) is 102 Å². The summed E-state index contributed by atoms with van der Waals surface area (Å²) in [7, 11) is 3.22. The third kappa shape index (κ3) is 3.58. The van der Waals surface area contributed by atoms with E-state index in [0.29, 0.717) is 29.1 Å². The lowest BCUT2D eigenvalue weighted by molar-refractivity contribution is 0.265. The minimum atomic E-state index is 0.0418. The zero-order valence-electron chi connectivity index (χ0n) is 18.0. The summed E-state index contributed by atoms with van der Waals surface area (Å²) in [4.78, 5) is 11.3. The number of aliphatic hydroxyl groups is 1. The molecule has 1 fully saturated rings. The standard InChI is InChI=1S/C22H25N7O3/c1-31-18-8-7-15(11-19(18)32-2)27-12-20(23-14-27)24-21-17-6-4-10-29(17)26-22(25-21)28-9-3-5-16(28)13-30/h4,6-8,10-12,14,16,30H,3,5,9,13H2,1-2H3,(H,24,25,26)/t16-/m0/s1. The van der Waals surface area contributed by atoms with Gasteiger partial charge in [0.15, 0.2) is 17.3 Å². The molecule has 10 heteroatoms. The van der Waals surface area contributed by atoms with Crippen molar-refractivity contribution in [3.8, 4) is 17.2 Å². The lowest BCUT2D eigenvalue weighted by Gasteiger charge is -2.23. The minimum Gasteiger partial charge on any atom is -0.493 e. The van der Waals surface area contributed by atoms with Gasteiger partial charge in [-0.2, -0.15) is 4.98 Å². The fourth-order valence-corrected chi connectivity index (χ4v) is 4.06. The summed E-state index contributed by atoms with van der Waals surface area (Å²) in [6.07, 6.45) is 7.44. The molecule has 3 aromatic heterocycles. The minimum absolute atomic E-state index is 0.0418. The van der Waals surface area contributed by atoms with Crippen LogP contribution in [0, 0.1) is 0 Å². The SMILES string of the molecule is COc1ccc(-n2cnc(Nc3nc(N4CCC[C@H]4CO)nn4cccc34)c2)cc1OC. The van der Waals surface area contributed by atoms with Gasteiger partial charge in [0.2, 0.25) is 5.95 Å². The van der Waals surface area contributed by atoms with Crippen LogP contribution in [0.4, 0.5) is 17.6 Å².